The van der Waals surface area contributed by atoms with Crippen molar-refractivity contribution < 1.29 is 14.4 Å². The maximum atomic E-state index is 12.8. The summed E-state index contributed by atoms with van der Waals surface area (Å²) in [4.78, 5) is 38.0. The Morgan fingerprint density at radius 2 is 1.81 bits per heavy atom. The molecular weight excluding hydrogens is 428 g/mol. The van der Waals surface area contributed by atoms with E-state index in [1.807, 2.05) is 59.5 Å². The third-order valence-corrected chi connectivity index (χ3v) is 6.19. The molecule has 8 heteroatoms. The predicted octanol–water partition coefficient (Wildman–Crippen LogP) is 2.94. The molecule has 2 aliphatic heterocycles. The van der Waals surface area contributed by atoms with Crippen LogP contribution >= 0.6 is 11.6 Å². The number of piperidine rings is 1. The fourth-order valence-corrected chi connectivity index (χ4v) is 4.46. The second kappa shape index (κ2) is 8.24. The zero-order chi connectivity index (χ0) is 22.2. The number of halogens is 1. The summed E-state index contributed by atoms with van der Waals surface area (Å²) in [5.74, 6) is -0.842. The summed E-state index contributed by atoms with van der Waals surface area (Å²) >= 11 is 5.95. The summed E-state index contributed by atoms with van der Waals surface area (Å²) in [6.45, 7) is 0.954. The van der Waals surface area contributed by atoms with Crippen molar-refractivity contribution in [3.63, 3.8) is 0 Å². The molecule has 3 heterocycles. The first kappa shape index (κ1) is 20.5. The van der Waals surface area contributed by atoms with E-state index in [-0.39, 0.29) is 18.2 Å². The number of nitrogens with zero attached hydrogens (tertiary/aromatic N) is 3. The van der Waals surface area contributed by atoms with Crippen LogP contribution < -0.4 is 5.32 Å². The lowest BCUT2D eigenvalue weighted by Gasteiger charge is -2.29. The molecule has 1 aromatic heterocycles. The maximum Gasteiger partial charge on any atom is 0.255 e. The Bertz CT molecular complexity index is 1220. The first-order valence-corrected chi connectivity index (χ1v) is 10.9. The largest absolute Gasteiger partial charge is 0.322 e. The molecule has 0 radical (unpaired) electrons. The molecule has 1 N–H and O–H groups in total. The van der Waals surface area contributed by atoms with E-state index in [0.29, 0.717) is 25.1 Å². The molecule has 1 unspecified atom stereocenters. The molecule has 0 bridgehead atoms. The lowest BCUT2D eigenvalue weighted by atomic mass is 10.0. The molecule has 7 nitrogen and oxygen atoms in total. The van der Waals surface area contributed by atoms with Crippen LogP contribution in [0.25, 0.3) is 0 Å². The smallest absolute Gasteiger partial charge is 0.255 e. The van der Waals surface area contributed by atoms with E-state index in [4.69, 9.17) is 11.6 Å². The highest BCUT2D eigenvalue weighted by molar-refractivity contribution is 6.30. The van der Waals surface area contributed by atoms with E-state index in [1.54, 1.807) is 4.90 Å². The van der Waals surface area contributed by atoms with E-state index < -0.39 is 11.9 Å². The van der Waals surface area contributed by atoms with Gasteiger partial charge in [0.15, 0.2) is 0 Å². The number of nitrogens with one attached hydrogen (secondary N) is 1. The first-order chi connectivity index (χ1) is 15.5. The molecule has 1 fully saturated rings. The predicted molar refractivity (Wildman–Crippen MR) is 118 cm³/mol. The zero-order valence-electron chi connectivity index (χ0n) is 17.3. The number of hydrogen-bond donors (Lipinski definition) is 1. The standard InChI is InChI=1S/C24H21ClN4O3/c25-19-4-1-15(2-5-19)9-17-11-26-28(13-17)12-16-3-6-20-18(10-16)14-29(24(20)32)21-7-8-22(30)27-23(21)31/h1-6,10-11,13,21H,7-9,12,14H2,(H,27,30,31). The normalized spacial score (nSPS) is 18.1. The summed E-state index contributed by atoms with van der Waals surface area (Å²) in [6, 6.07) is 12.9. The molecular formula is C24H21ClN4O3. The molecule has 32 heavy (non-hydrogen) atoms. The van der Waals surface area contributed by atoms with Gasteiger partial charge in [-0.25, -0.2) is 0 Å². The van der Waals surface area contributed by atoms with E-state index in [0.717, 1.165) is 28.1 Å². The lowest BCUT2D eigenvalue weighted by Crippen LogP contribution is -2.52. The summed E-state index contributed by atoms with van der Waals surface area (Å²) < 4.78 is 1.88. The quantitative estimate of drug-likeness (QED) is 0.608. The number of hydrogen-bond acceptors (Lipinski definition) is 4. The summed E-state index contributed by atoms with van der Waals surface area (Å²) in [5, 5.41) is 7.52. The molecule has 2 aliphatic rings. The lowest BCUT2D eigenvalue weighted by molar-refractivity contribution is -0.136. The van der Waals surface area contributed by atoms with Gasteiger partial charge in [-0.3, -0.25) is 24.4 Å². The molecule has 2 aromatic carbocycles. The number of imide groups is 1. The van der Waals surface area contributed by atoms with Crippen molar-refractivity contribution in [2.45, 2.75) is 38.4 Å². The minimum atomic E-state index is -0.599. The van der Waals surface area contributed by atoms with Gasteiger partial charge in [0.2, 0.25) is 11.8 Å². The van der Waals surface area contributed by atoms with Gasteiger partial charge in [0.25, 0.3) is 5.91 Å². The number of fused-ring (bicyclic) bond motifs is 1. The highest BCUT2D eigenvalue weighted by Gasteiger charge is 2.39. The van der Waals surface area contributed by atoms with Crippen LogP contribution in [0.5, 0.6) is 0 Å². The Labute approximate surface area is 190 Å². The van der Waals surface area contributed by atoms with Crippen LogP contribution in [0.3, 0.4) is 0 Å². The Kier molecular flexibility index (Phi) is 5.27. The van der Waals surface area contributed by atoms with Crippen LogP contribution in [-0.4, -0.2) is 38.4 Å². The number of carbonyl (C=O) groups excluding carboxylic acids is 3. The zero-order valence-corrected chi connectivity index (χ0v) is 18.0. The van der Waals surface area contributed by atoms with Gasteiger partial charge in [0, 0.05) is 36.2 Å². The van der Waals surface area contributed by atoms with Crippen LogP contribution in [0, 0.1) is 0 Å². The molecule has 0 saturated carbocycles. The van der Waals surface area contributed by atoms with Crippen molar-refractivity contribution in [1.29, 1.82) is 0 Å². The van der Waals surface area contributed by atoms with Crippen LogP contribution in [-0.2, 0) is 29.1 Å². The number of amides is 3. The molecule has 5 rings (SSSR count). The van der Waals surface area contributed by atoms with E-state index in [9.17, 15) is 14.4 Å². The summed E-state index contributed by atoms with van der Waals surface area (Å²) in [7, 11) is 0. The van der Waals surface area contributed by atoms with Gasteiger partial charge in [-0.1, -0.05) is 35.9 Å². The highest BCUT2D eigenvalue weighted by Crippen LogP contribution is 2.28. The molecule has 0 spiro atoms. The molecule has 1 atom stereocenters. The fourth-order valence-electron chi connectivity index (χ4n) is 4.34. The number of rotatable bonds is 5. The van der Waals surface area contributed by atoms with Gasteiger partial charge in [-0.2, -0.15) is 5.10 Å². The Morgan fingerprint density at radius 1 is 1.03 bits per heavy atom. The summed E-state index contributed by atoms with van der Waals surface area (Å²) in [5.41, 5.74) is 4.81. The molecule has 0 aliphatic carbocycles. The Morgan fingerprint density at radius 3 is 2.59 bits per heavy atom. The van der Waals surface area contributed by atoms with Crippen LogP contribution in [0.4, 0.5) is 0 Å². The van der Waals surface area contributed by atoms with E-state index in [2.05, 4.69) is 10.4 Å². The SMILES string of the molecule is O=C1CCC(N2Cc3cc(Cn4cc(Cc5ccc(Cl)cc5)cn4)ccc3C2=O)C(=O)N1. The maximum absolute atomic E-state index is 12.8. The Hall–Kier alpha value is -3.45. The molecule has 3 amide bonds. The molecule has 162 valence electrons. The average Bonchev–Trinajstić information content (AvgIpc) is 3.33. The van der Waals surface area contributed by atoms with Gasteiger partial charge in [0.05, 0.1) is 12.7 Å². The van der Waals surface area contributed by atoms with Gasteiger partial charge >= 0.3 is 0 Å². The fraction of sp³-hybridized carbons (Fsp3) is 0.250. The topological polar surface area (TPSA) is 84.3 Å². The Balaban J connectivity index is 1.27. The van der Waals surface area contributed by atoms with Crippen molar-refractivity contribution >= 4 is 29.3 Å². The molecule has 1 saturated heterocycles. The monoisotopic (exact) mass is 448 g/mol. The van der Waals surface area contributed by atoms with Crippen molar-refractivity contribution in [1.82, 2.24) is 20.0 Å². The first-order valence-electron chi connectivity index (χ1n) is 10.5. The van der Waals surface area contributed by atoms with E-state index in [1.165, 1.54) is 5.56 Å². The van der Waals surface area contributed by atoms with Crippen molar-refractivity contribution in [2.75, 3.05) is 0 Å². The van der Waals surface area contributed by atoms with Gasteiger partial charge in [-0.15, -0.1) is 0 Å². The van der Waals surface area contributed by atoms with Crippen LogP contribution in [0.2, 0.25) is 5.02 Å². The van der Waals surface area contributed by atoms with Gasteiger partial charge in [0.1, 0.15) is 6.04 Å². The molecule has 3 aromatic rings. The average molecular weight is 449 g/mol. The highest BCUT2D eigenvalue weighted by atomic mass is 35.5. The third-order valence-electron chi connectivity index (χ3n) is 5.94. The van der Waals surface area contributed by atoms with Gasteiger partial charge < -0.3 is 4.90 Å². The second-order valence-corrected chi connectivity index (χ2v) is 8.68. The number of aromatic nitrogens is 2. The van der Waals surface area contributed by atoms with Crippen LogP contribution in [0.1, 0.15) is 45.5 Å². The van der Waals surface area contributed by atoms with E-state index >= 15 is 0 Å². The van der Waals surface area contributed by atoms with Crippen LogP contribution in [0.15, 0.2) is 54.9 Å². The minimum Gasteiger partial charge on any atom is -0.322 e. The second-order valence-electron chi connectivity index (χ2n) is 8.24. The number of carbonyl (C=O) groups is 3. The minimum absolute atomic E-state index is 0.162. The van der Waals surface area contributed by atoms with Gasteiger partial charge in [-0.05, 0) is 46.9 Å². The van der Waals surface area contributed by atoms with Crippen molar-refractivity contribution in [2.24, 2.45) is 0 Å². The third kappa shape index (κ3) is 4.03. The summed E-state index contributed by atoms with van der Waals surface area (Å²) in [6.07, 6.45) is 5.26. The van der Waals surface area contributed by atoms with Crippen molar-refractivity contribution in [3.05, 3.63) is 87.7 Å². The number of benzene rings is 2. The van der Waals surface area contributed by atoms with Crippen molar-refractivity contribution in [3.8, 4) is 0 Å².